The van der Waals surface area contributed by atoms with Crippen LogP contribution in [0.15, 0.2) is 18.2 Å². The molecule has 1 aromatic rings. The van der Waals surface area contributed by atoms with Gasteiger partial charge in [0.05, 0.1) is 6.61 Å². The number of aliphatic hydroxyl groups excluding tert-OH is 1. The summed E-state index contributed by atoms with van der Waals surface area (Å²) in [5.74, 6) is -0.295. The predicted octanol–water partition coefficient (Wildman–Crippen LogP) is 2.87. The molecule has 0 aromatic heterocycles. The van der Waals surface area contributed by atoms with Crippen molar-refractivity contribution in [1.82, 2.24) is 5.32 Å². The monoisotopic (exact) mass is 257 g/mol. The second-order valence-corrected chi connectivity index (χ2v) is 5.17. The van der Waals surface area contributed by atoms with Gasteiger partial charge in [0.25, 0.3) is 0 Å². The first kappa shape index (κ1) is 12.8. The number of hydrogen-bond donors (Lipinski definition) is 2. The van der Waals surface area contributed by atoms with Crippen molar-refractivity contribution in [1.29, 1.82) is 0 Å². The summed E-state index contributed by atoms with van der Waals surface area (Å²) in [6.07, 6.45) is 4.16. The van der Waals surface area contributed by atoms with E-state index in [1.54, 1.807) is 12.1 Å². The van der Waals surface area contributed by atoms with Crippen LogP contribution in [0.3, 0.4) is 0 Å². The summed E-state index contributed by atoms with van der Waals surface area (Å²) in [4.78, 5) is 0. The standard InChI is InChI=1S/C13H17ClFNO/c14-11-4-3-10(12(15)7-11)8-16-13(9-17)5-1-2-6-13/h3-4,7,16-17H,1-2,5-6,8-9H2. The number of rotatable bonds is 4. The van der Waals surface area contributed by atoms with Crippen molar-refractivity contribution in [2.75, 3.05) is 6.61 Å². The highest BCUT2D eigenvalue weighted by molar-refractivity contribution is 6.30. The minimum atomic E-state index is -0.295. The Kier molecular flexibility index (Phi) is 4.02. The largest absolute Gasteiger partial charge is 0.394 e. The second-order valence-electron chi connectivity index (χ2n) is 4.73. The van der Waals surface area contributed by atoms with Crippen LogP contribution in [0.2, 0.25) is 5.02 Å². The Morgan fingerprint density at radius 2 is 2.06 bits per heavy atom. The highest BCUT2D eigenvalue weighted by atomic mass is 35.5. The average molecular weight is 258 g/mol. The van der Waals surface area contributed by atoms with E-state index in [2.05, 4.69) is 5.32 Å². The molecule has 4 heteroatoms. The molecule has 0 atom stereocenters. The number of nitrogens with one attached hydrogen (secondary N) is 1. The topological polar surface area (TPSA) is 32.3 Å². The van der Waals surface area contributed by atoms with Gasteiger partial charge in [-0.05, 0) is 25.0 Å². The molecule has 1 saturated carbocycles. The Morgan fingerprint density at radius 3 is 2.65 bits per heavy atom. The molecule has 0 aliphatic heterocycles. The average Bonchev–Trinajstić information content (AvgIpc) is 2.77. The maximum absolute atomic E-state index is 13.6. The molecule has 1 aliphatic carbocycles. The normalized spacial score (nSPS) is 18.5. The van der Waals surface area contributed by atoms with E-state index >= 15 is 0 Å². The predicted molar refractivity (Wildman–Crippen MR) is 66.5 cm³/mol. The van der Waals surface area contributed by atoms with Crippen molar-refractivity contribution in [3.05, 3.63) is 34.6 Å². The smallest absolute Gasteiger partial charge is 0.129 e. The lowest BCUT2D eigenvalue weighted by molar-refractivity contribution is 0.162. The van der Waals surface area contributed by atoms with Crippen LogP contribution in [-0.2, 0) is 6.54 Å². The Hall–Kier alpha value is -0.640. The van der Waals surface area contributed by atoms with Gasteiger partial charge in [-0.1, -0.05) is 30.5 Å². The van der Waals surface area contributed by atoms with E-state index < -0.39 is 0 Å². The van der Waals surface area contributed by atoms with Gasteiger partial charge < -0.3 is 10.4 Å². The molecular formula is C13H17ClFNO. The fourth-order valence-corrected chi connectivity index (χ4v) is 2.55. The van der Waals surface area contributed by atoms with Crippen LogP contribution in [0.4, 0.5) is 4.39 Å². The molecule has 1 aromatic carbocycles. The van der Waals surface area contributed by atoms with Gasteiger partial charge in [-0.15, -0.1) is 0 Å². The molecule has 94 valence electrons. The van der Waals surface area contributed by atoms with Gasteiger partial charge in [0, 0.05) is 22.7 Å². The van der Waals surface area contributed by atoms with Gasteiger partial charge in [0.1, 0.15) is 5.82 Å². The van der Waals surface area contributed by atoms with E-state index in [0.717, 1.165) is 25.7 Å². The third-order valence-electron chi connectivity index (χ3n) is 3.53. The summed E-state index contributed by atoms with van der Waals surface area (Å²) < 4.78 is 13.6. The lowest BCUT2D eigenvalue weighted by atomic mass is 9.98. The van der Waals surface area contributed by atoms with E-state index in [1.807, 2.05) is 0 Å². The minimum Gasteiger partial charge on any atom is -0.394 e. The van der Waals surface area contributed by atoms with Crippen LogP contribution < -0.4 is 5.32 Å². The zero-order valence-electron chi connectivity index (χ0n) is 9.68. The van der Waals surface area contributed by atoms with Gasteiger partial charge in [-0.3, -0.25) is 0 Å². The SMILES string of the molecule is OCC1(NCc2ccc(Cl)cc2F)CCCC1. The molecule has 2 rings (SSSR count). The molecule has 0 radical (unpaired) electrons. The first-order valence-electron chi connectivity index (χ1n) is 5.95. The summed E-state index contributed by atoms with van der Waals surface area (Å²) in [5, 5.41) is 13.1. The lowest BCUT2D eigenvalue weighted by Gasteiger charge is -2.28. The zero-order chi connectivity index (χ0) is 12.3. The molecule has 2 nitrogen and oxygen atoms in total. The quantitative estimate of drug-likeness (QED) is 0.869. The molecule has 0 saturated heterocycles. The maximum atomic E-state index is 13.6. The van der Waals surface area contributed by atoms with Crippen molar-refractivity contribution in [2.45, 2.75) is 37.8 Å². The van der Waals surface area contributed by atoms with Gasteiger partial charge in [-0.25, -0.2) is 4.39 Å². The molecular weight excluding hydrogens is 241 g/mol. The molecule has 0 unspecified atom stereocenters. The van der Waals surface area contributed by atoms with Crippen LogP contribution in [-0.4, -0.2) is 17.3 Å². The van der Waals surface area contributed by atoms with E-state index in [-0.39, 0.29) is 18.0 Å². The van der Waals surface area contributed by atoms with Crippen LogP contribution in [0, 0.1) is 5.82 Å². The van der Waals surface area contributed by atoms with Crippen molar-refractivity contribution in [2.24, 2.45) is 0 Å². The fraction of sp³-hybridized carbons (Fsp3) is 0.538. The van der Waals surface area contributed by atoms with E-state index in [4.69, 9.17) is 11.6 Å². The van der Waals surface area contributed by atoms with Crippen molar-refractivity contribution >= 4 is 11.6 Å². The van der Waals surface area contributed by atoms with E-state index in [1.165, 1.54) is 6.07 Å². The van der Waals surface area contributed by atoms with Crippen LogP contribution in [0.25, 0.3) is 0 Å². The first-order chi connectivity index (χ1) is 8.15. The van der Waals surface area contributed by atoms with Crippen LogP contribution >= 0.6 is 11.6 Å². The molecule has 0 bridgehead atoms. The Balaban J connectivity index is 2.01. The van der Waals surface area contributed by atoms with Gasteiger partial charge in [0.15, 0.2) is 0 Å². The summed E-state index contributed by atoms with van der Waals surface area (Å²) in [7, 11) is 0. The molecule has 1 fully saturated rings. The number of benzene rings is 1. The fourth-order valence-electron chi connectivity index (χ4n) is 2.39. The van der Waals surface area contributed by atoms with Crippen molar-refractivity contribution in [3.8, 4) is 0 Å². The molecule has 17 heavy (non-hydrogen) atoms. The molecule has 0 heterocycles. The summed E-state index contributed by atoms with van der Waals surface area (Å²) >= 11 is 5.70. The highest BCUT2D eigenvalue weighted by Gasteiger charge is 2.32. The Morgan fingerprint density at radius 1 is 1.35 bits per heavy atom. The third kappa shape index (κ3) is 2.97. The lowest BCUT2D eigenvalue weighted by Crippen LogP contribution is -2.45. The van der Waals surface area contributed by atoms with Gasteiger partial charge in [0.2, 0.25) is 0 Å². The Bertz CT molecular complexity index is 391. The second kappa shape index (κ2) is 5.34. The minimum absolute atomic E-state index is 0.113. The Labute approximate surface area is 106 Å². The molecule has 0 amide bonds. The zero-order valence-corrected chi connectivity index (χ0v) is 10.4. The maximum Gasteiger partial charge on any atom is 0.129 e. The summed E-state index contributed by atoms with van der Waals surface area (Å²) in [6.45, 7) is 0.547. The number of aliphatic hydroxyl groups is 1. The number of hydrogen-bond acceptors (Lipinski definition) is 2. The van der Waals surface area contributed by atoms with Crippen molar-refractivity contribution in [3.63, 3.8) is 0 Å². The van der Waals surface area contributed by atoms with Crippen molar-refractivity contribution < 1.29 is 9.50 Å². The first-order valence-corrected chi connectivity index (χ1v) is 6.33. The molecule has 2 N–H and O–H groups in total. The summed E-state index contributed by atoms with van der Waals surface area (Å²) in [6, 6.07) is 4.69. The highest BCUT2D eigenvalue weighted by Crippen LogP contribution is 2.29. The molecule has 1 aliphatic rings. The van der Waals surface area contributed by atoms with Crippen LogP contribution in [0.1, 0.15) is 31.2 Å². The van der Waals surface area contributed by atoms with E-state index in [0.29, 0.717) is 17.1 Å². The van der Waals surface area contributed by atoms with Gasteiger partial charge in [-0.2, -0.15) is 0 Å². The van der Waals surface area contributed by atoms with Crippen LogP contribution in [0.5, 0.6) is 0 Å². The molecule has 0 spiro atoms. The van der Waals surface area contributed by atoms with Gasteiger partial charge >= 0.3 is 0 Å². The number of halogens is 2. The van der Waals surface area contributed by atoms with E-state index in [9.17, 15) is 9.50 Å². The third-order valence-corrected chi connectivity index (χ3v) is 3.77. The summed E-state index contributed by atoms with van der Waals surface area (Å²) in [5.41, 5.74) is 0.376.